The molecule has 8 heteroatoms. The predicted octanol–water partition coefficient (Wildman–Crippen LogP) is 3.97. The maximum atomic E-state index is 12.6. The van der Waals surface area contributed by atoms with Crippen molar-refractivity contribution in [2.24, 2.45) is 4.99 Å². The number of halogens is 4. The second-order valence-corrected chi connectivity index (χ2v) is 5.64. The molecule has 1 heterocycles. The second-order valence-electron chi connectivity index (χ2n) is 5.64. The summed E-state index contributed by atoms with van der Waals surface area (Å²) in [7, 11) is 3.52. The van der Waals surface area contributed by atoms with Gasteiger partial charge in [0.05, 0.1) is 5.56 Å². The van der Waals surface area contributed by atoms with Gasteiger partial charge in [0, 0.05) is 39.6 Å². The van der Waals surface area contributed by atoms with Crippen molar-refractivity contribution in [2.45, 2.75) is 19.1 Å². The van der Waals surface area contributed by atoms with Crippen LogP contribution >= 0.6 is 24.0 Å². The first kappa shape index (κ1) is 22.2. The fourth-order valence-electron chi connectivity index (χ4n) is 2.40. The van der Waals surface area contributed by atoms with E-state index < -0.39 is 11.7 Å². The normalized spacial score (nSPS) is 11.7. The highest BCUT2D eigenvalue weighted by Gasteiger charge is 2.29. The summed E-state index contributed by atoms with van der Waals surface area (Å²) in [6.07, 6.45) is 0.0410. The van der Waals surface area contributed by atoms with Crippen LogP contribution in [0.5, 0.6) is 0 Å². The van der Waals surface area contributed by atoms with Gasteiger partial charge >= 0.3 is 6.18 Å². The number of rotatable bonds is 5. The molecule has 142 valence electrons. The molecule has 2 rings (SSSR count). The minimum atomic E-state index is -4.31. The third kappa shape index (κ3) is 6.81. The van der Waals surface area contributed by atoms with Crippen molar-refractivity contribution < 1.29 is 13.2 Å². The summed E-state index contributed by atoms with van der Waals surface area (Å²) in [6, 6.07) is 9.07. The van der Waals surface area contributed by atoms with E-state index >= 15 is 0 Å². The molecule has 4 nitrogen and oxygen atoms in total. The van der Waals surface area contributed by atoms with Crippen molar-refractivity contribution in [3.63, 3.8) is 0 Å². The summed E-state index contributed by atoms with van der Waals surface area (Å²) in [6.45, 7) is 1.15. The Morgan fingerprint density at radius 2 is 1.85 bits per heavy atom. The number of aromatic nitrogens is 1. The Balaban J connectivity index is 0.00000338. The largest absolute Gasteiger partial charge is 0.416 e. The SMILES string of the molecule is CN=C(NCCc1cccnc1)N(C)Cc1ccc(C(F)(F)F)cc1.I. The number of hydrogen-bond acceptors (Lipinski definition) is 2. The monoisotopic (exact) mass is 478 g/mol. The van der Waals surface area contributed by atoms with Gasteiger partial charge in [-0.05, 0) is 35.7 Å². The molecule has 0 aliphatic carbocycles. The van der Waals surface area contributed by atoms with Crippen molar-refractivity contribution in [3.8, 4) is 0 Å². The summed E-state index contributed by atoms with van der Waals surface area (Å²) in [5.41, 5.74) is 1.26. The van der Waals surface area contributed by atoms with Crippen LogP contribution in [0, 0.1) is 0 Å². The molecule has 0 atom stereocenters. The predicted molar refractivity (Wildman–Crippen MR) is 108 cm³/mol. The van der Waals surface area contributed by atoms with Gasteiger partial charge in [-0.25, -0.2) is 0 Å². The van der Waals surface area contributed by atoms with Crippen LogP contribution in [-0.4, -0.2) is 36.5 Å². The summed E-state index contributed by atoms with van der Waals surface area (Å²) in [5, 5.41) is 3.24. The lowest BCUT2D eigenvalue weighted by Gasteiger charge is -2.22. The molecule has 1 aromatic carbocycles. The molecule has 0 aliphatic rings. The standard InChI is InChI=1S/C18H21F3N4.HI/c1-22-17(24-11-9-14-4-3-10-23-12-14)25(2)13-15-5-7-16(8-6-15)18(19,20)21;/h3-8,10,12H,9,11,13H2,1-2H3,(H,22,24);1H. The van der Waals surface area contributed by atoms with Gasteiger partial charge in [0.25, 0.3) is 0 Å². The zero-order valence-electron chi connectivity index (χ0n) is 14.6. The van der Waals surface area contributed by atoms with E-state index in [4.69, 9.17) is 0 Å². The van der Waals surface area contributed by atoms with E-state index in [1.165, 1.54) is 12.1 Å². The third-order valence-corrected chi connectivity index (χ3v) is 3.69. The summed E-state index contributed by atoms with van der Waals surface area (Å²) in [4.78, 5) is 10.1. The molecule has 26 heavy (non-hydrogen) atoms. The van der Waals surface area contributed by atoms with Gasteiger partial charge in [0.15, 0.2) is 5.96 Å². The Morgan fingerprint density at radius 1 is 1.15 bits per heavy atom. The molecule has 0 amide bonds. The zero-order chi connectivity index (χ0) is 18.3. The van der Waals surface area contributed by atoms with Crippen LogP contribution in [0.1, 0.15) is 16.7 Å². The van der Waals surface area contributed by atoms with Crippen LogP contribution in [0.3, 0.4) is 0 Å². The molecule has 0 aliphatic heterocycles. The highest BCUT2D eigenvalue weighted by atomic mass is 127. The Morgan fingerprint density at radius 3 is 2.38 bits per heavy atom. The maximum absolute atomic E-state index is 12.6. The van der Waals surface area contributed by atoms with Crippen molar-refractivity contribution in [1.29, 1.82) is 0 Å². The minimum absolute atomic E-state index is 0. The van der Waals surface area contributed by atoms with E-state index in [-0.39, 0.29) is 24.0 Å². The van der Waals surface area contributed by atoms with E-state index in [1.807, 2.05) is 30.3 Å². The van der Waals surface area contributed by atoms with Crippen molar-refractivity contribution in [3.05, 3.63) is 65.5 Å². The van der Waals surface area contributed by atoms with Crippen molar-refractivity contribution in [2.75, 3.05) is 20.6 Å². The van der Waals surface area contributed by atoms with Gasteiger partial charge in [-0.2, -0.15) is 13.2 Å². The fourth-order valence-corrected chi connectivity index (χ4v) is 2.40. The number of nitrogens with one attached hydrogen (secondary N) is 1. The highest BCUT2D eigenvalue weighted by Crippen LogP contribution is 2.29. The average Bonchev–Trinajstić information content (AvgIpc) is 2.59. The first-order valence-electron chi connectivity index (χ1n) is 7.87. The summed E-state index contributed by atoms with van der Waals surface area (Å²) in [5.74, 6) is 0.684. The first-order chi connectivity index (χ1) is 11.9. The number of alkyl halides is 3. The van der Waals surface area contributed by atoms with Gasteiger partial charge < -0.3 is 10.2 Å². The quantitative estimate of drug-likeness (QED) is 0.402. The lowest BCUT2D eigenvalue weighted by molar-refractivity contribution is -0.137. The molecule has 0 bridgehead atoms. The number of aliphatic imine (C=N–C) groups is 1. The molecule has 0 radical (unpaired) electrons. The van der Waals surface area contributed by atoms with E-state index in [1.54, 1.807) is 13.2 Å². The Bertz CT molecular complexity index is 688. The van der Waals surface area contributed by atoms with Gasteiger partial charge in [-0.3, -0.25) is 9.98 Å². The van der Waals surface area contributed by atoms with Crippen molar-refractivity contribution in [1.82, 2.24) is 15.2 Å². The average molecular weight is 478 g/mol. The van der Waals surface area contributed by atoms with E-state index in [2.05, 4.69) is 15.3 Å². The highest BCUT2D eigenvalue weighted by molar-refractivity contribution is 14.0. The molecule has 0 spiro atoms. The van der Waals surface area contributed by atoms with E-state index in [0.717, 1.165) is 29.7 Å². The smallest absolute Gasteiger partial charge is 0.356 e. The molecular weight excluding hydrogens is 456 g/mol. The number of guanidine groups is 1. The molecule has 0 unspecified atom stereocenters. The van der Waals surface area contributed by atoms with Gasteiger partial charge in [0.1, 0.15) is 0 Å². The van der Waals surface area contributed by atoms with Crippen LogP contribution in [0.4, 0.5) is 13.2 Å². The van der Waals surface area contributed by atoms with Crippen LogP contribution in [0.2, 0.25) is 0 Å². The number of nitrogens with zero attached hydrogens (tertiary/aromatic N) is 3. The van der Waals surface area contributed by atoms with Crippen LogP contribution in [0.25, 0.3) is 0 Å². The van der Waals surface area contributed by atoms with Crippen molar-refractivity contribution >= 4 is 29.9 Å². The van der Waals surface area contributed by atoms with Gasteiger partial charge in [0.2, 0.25) is 0 Å². The van der Waals surface area contributed by atoms with Gasteiger partial charge in [-0.1, -0.05) is 18.2 Å². The lowest BCUT2D eigenvalue weighted by Crippen LogP contribution is -2.39. The lowest BCUT2D eigenvalue weighted by atomic mass is 10.1. The first-order valence-corrected chi connectivity index (χ1v) is 7.87. The topological polar surface area (TPSA) is 40.5 Å². The molecule has 1 N–H and O–H groups in total. The number of hydrogen-bond donors (Lipinski definition) is 1. The second kappa shape index (κ2) is 10.3. The maximum Gasteiger partial charge on any atom is 0.416 e. The molecule has 0 fully saturated rings. The summed E-state index contributed by atoms with van der Waals surface area (Å²) < 4.78 is 37.8. The van der Waals surface area contributed by atoms with Gasteiger partial charge in [-0.15, -0.1) is 24.0 Å². The molecule has 0 saturated heterocycles. The van der Waals surface area contributed by atoms with Crippen LogP contribution in [-0.2, 0) is 19.1 Å². The number of benzene rings is 1. The van der Waals surface area contributed by atoms with E-state index in [0.29, 0.717) is 19.0 Å². The molecule has 1 aromatic heterocycles. The van der Waals surface area contributed by atoms with E-state index in [9.17, 15) is 13.2 Å². The Kier molecular flexibility index (Phi) is 8.83. The minimum Gasteiger partial charge on any atom is -0.356 e. The van der Waals surface area contributed by atoms with Crippen LogP contribution in [0.15, 0.2) is 53.8 Å². The molecule has 2 aromatic rings. The van der Waals surface area contributed by atoms with Crippen LogP contribution < -0.4 is 5.32 Å². The fraction of sp³-hybridized carbons (Fsp3) is 0.333. The summed E-state index contributed by atoms with van der Waals surface area (Å²) >= 11 is 0. The Labute approximate surface area is 168 Å². The zero-order valence-corrected chi connectivity index (χ0v) is 17.0. The molecule has 0 saturated carbocycles. The third-order valence-electron chi connectivity index (χ3n) is 3.69. The molecular formula is C18H22F3IN4. The number of pyridine rings is 1. The Hall–Kier alpha value is -1.84.